The summed E-state index contributed by atoms with van der Waals surface area (Å²) in [5.41, 5.74) is 0.904. The molecule has 0 aliphatic heterocycles. The molecule has 0 aliphatic carbocycles. The van der Waals surface area contributed by atoms with Crippen molar-refractivity contribution >= 4 is 35.0 Å². The van der Waals surface area contributed by atoms with Crippen LogP contribution < -0.4 is 9.63 Å². The zero-order chi connectivity index (χ0) is 21.6. The average Bonchev–Trinajstić information content (AvgIpc) is 3.02. The maximum atomic E-state index is 12.8. The molecule has 0 saturated carbocycles. The lowest BCUT2D eigenvalue weighted by molar-refractivity contribution is -0.605. The molecule has 1 amide bonds. The van der Waals surface area contributed by atoms with Gasteiger partial charge in [-0.3, -0.25) is 4.79 Å². The van der Waals surface area contributed by atoms with Crippen LogP contribution in [0.25, 0.3) is 5.69 Å². The van der Waals surface area contributed by atoms with Crippen molar-refractivity contribution in [3.63, 3.8) is 0 Å². The molecule has 2 aromatic rings. The van der Waals surface area contributed by atoms with Crippen LogP contribution >= 0.6 is 23.4 Å². The highest BCUT2D eigenvalue weighted by atomic mass is 35.5. The van der Waals surface area contributed by atoms with Crippen LogP contribution in [-0.2, 0) is 4.79 Å². The van der Waals surface area contributed by atoms with Crippen molar-refractivity contribution in [2.24, 2.45) is 5.92 Å². The average molecular weight is 451 g/mol. The Morgan fingerprint density at radius 3 is 2.83 bits per heavy atom. The number of anilines is 1. The zero-order valence-electron chi connectivity index (χ0n) is 16.0. The van der Waals surface area contributed by atoms with Crippen LogP contribution in [0.1, 0.15) is 26.7 Å². The van der Waals surface area contributed by atoms with E-state index in [1.54, 1.807) is 32.2 Å². The number of hydrogen-bond donors (Lipinski definition) is 0. The van der Waals surface area contributed by atoms with Gasteiger partial charge in [0.2, 0.25) is 12.1 Å². The van der Waals surface area contributed by atoms with E-state index in [1.165, 1.54) is 33.7 Å². The highest BCUT2D eigenvalue weighted by Crippen LogP contribution is 2.28. The number of alkyl halides is 3. The maximum Gasteiger partial charge on any atom is 0.389 e. The summed E-state index contributed by atoms with van der Waals surface area (Å²) in [4.78, 5) is 14.3. The molecule has 0 aromatic carbocycles. The van der Waals surface area contributed by atoms with Crippen molar-refractivity contribution in [3.8, 4) is 5.69 Å². The molecule has 0 N–H and O–H groups in total. The van der Waals surface area contributed by atoms with E-state index in [1.807, 2.05) is 0 Å². The number of carbonyl (C=O) groups excluding carboxylic acids is 1. The van der Waals surface area contributed by atoms with E-state index in [9.17, 15) is 23.2 Å². The van der Waals surface area contributed by atoms with Crippen LogP contribution in [0.3, 0.4) is 0 Å². The van der Waals surface area contributed by atoms with E-state index in [2.05, 4.69) is 5.10 Å². The molecule has 0 spiro atoms. The molecular weight excluding hydrogens is 429 g/mol. The Morgan fingerprint density at radius 2 is 2.21 bits per heavy atom. The molecule has 1 unspecified atom stereocenters. The Morgan fingerprint density at radius 1 is 1.48 bits per heavy atom. The van der Waals surface area contributed by atoms with Crippen molar-refractivity contribution in [1.82, 2.24) is 9.78 Å². The largest absolute Gasteiger partial charge is 0.619 e. The lowest BCUT2D eigenvalue weighted by Crippen LogP contribution is -2.36. The lowest BCUT2D eigenvalue weighted by Gasteiger charge is -2.23. The number of nitrogens with zero attached hydrogens (tertiary/aromatic N) is 4. The number of hydrogen-bond acceptors (Lipinski definition) is 4. The van der Waals surface area contributed by atoms with Gasteiger partial charge in [0.15, 0.2) is 11.3 Å². The number of thioether (sulfide) groups is 1. The summed E-state index contributed by atoms with van der Waals surface area (Å²) >= 11 is 7.55. The second kappa shape index (κ2) is 10.2. The fourth-order valence-corrected chi connectivity index (χ4v) is 3.90. The summed E-state index contributed by atoms with van der Waals surface area (Å²) < 4.78 is 38.6. The summed E-state index contributed by atoms with van der Waals surface area (Å²) in [6.45, 7) is 3.88. The van der Waals surface area contributed by atoms with Crippen LogP contribution in [0, 0.1) is 11.1 Å². The molecule has 2 heterocycles. The number of amides is 1. The third-order valence-corrected chi connectivity index (χ3v) is 5.67. The SMILES string of the molecule is CCN(C(=O)C(C)CSCCCC(F)(F)F)c1cn(-c2ccc[n+]([O-])c2)nc1Cl. The Balaban J connectivity index is 2.02. The predicted octanol–water partition coefficient (Wildman–Crippen LogP) is 4.22. The molecular formula is C18H22ClF3N4O2S. The fourth-order valence-electron chi connectivity index (χ4n) is 2.65. The summed E-state index contributed by atoms with van der Waals surface area (Å²) in [7, 11) is 0. The normalized spacial score (nSPS) is 12.8. The molecule has 160 valence electrons. The smallest absolute Gasteiger partial charge is 0.389 e. The van der Waals surface area contributed by atoms with Gasteiger partial charge in [-0.1, -0.05) is 18.5 Å². The Hall–Kier alpha value is -1.94. The van der Waals surface area contributed by atoms with Crippen LogP contribution in [0.15, 0.2) is 30.7 Å². The Kier molecular flexibility index (Phi) is 8.21. The van der Waals surface area contributed by atoms with Gasteiger partial charge >= 0.3 is 6.18 Å². The van der Waals surface area contributed by atoms with E-state index >= 15 is 0 Å². The molecule has 0 radical (unpaired) electrons. The molecule has 0 fully saturated rings. The summed E-state index contributed by atoms with van der Waals surface area (Å²) in [6, 6.07) is 3.25. The van der Waals surface area contributed by atoms with Crippen molar-refractivity contribution in [2.75, 3.05) is 23.0 Å². The molecule has 2 aromatic heterocycles. The van der Waals surface area contributed by atoms with Gasteiger partial charge in [-0.05, 0) is 25.2 Å². The third-order valence-electron chi connectivity index (χ3n) is 4.09. The summed E-state index contributed by atoms with van der Waals surface area (Å²) in [6.07, 6.45) is -0.704. The first-order valence-electron chi connectivity index (χ1n) is 9.02. The van der Waals surface area contributed by atoms with Gasteiger partial charge in [0, 0.05) is 30.7 Å². The van der Waals surface area contributed by atoms with Crippen molar-refractivity contribution in [1.29, 1.82) is 0 Å². The molecule has 0 aliphatic rings. The highest BCUT2D eigenvalue weighted by Gasteiger charge is 2.27. The molecule has 1 atom stereocenters. The highest BCUT2D eigenvalue weighted by molar-refractivity contribution is 7.99. The minimum atomic E-state index is -4.15. The number of pyridine rings is 1. The van der Waals surface area contributed by atoms with Crippen LogP contribution in [0.4, 0.5) is 18.9 Å². The van der Waals surface area contributed by atoms with Gasteiger partial charge < -0.3 is 10.1 Å². The summed E-state index contributed by atoms with van der Waals surface area (Å²) in [5, 5.41) is 15.7. The third kappa shape index (κ3) is 6.81. The van der Waals surface area contributed by atoms with Crippen molar-refractivity contribution in [2.45, 2.75) is 32.9 Å². The van der Waals surface area contributed by atoms with Crippen LogP contribution in [-0.4, -0.2) is 39.9 Å². The molecule has 0 saturated heterocycles. The number of rotatable bonds is 9. The quantitative estimate of drug-likeness (QED) is 0.326. The summed E-state index contributed by atoms with van der Waals surface area (Å²) in [5.74, 6) is 0.161. The van der Waals surface area contributed by atoms with Gasteiger partial charge in [0.1, 0.15) is 11.4 Å². The fraction of sp³-hybridized carbons (Fsp3) is 0.500. The Bertz CT molecular complexity index is 832. The molecule has 0 bridgehead atoms. The van der Waals surface area contributed by atoms with Gasteiger partial charge in [-0.2, -0.15) is 34.8 Å². The van der Waals surface area contributed by atoms with E-state index in [0.29, 0.717) is 34.2 Å². The topological polar surface area (TPSA) is 65.1 Å². The molecule has 29 heavy (non-hydrogen) atoms. The number of carbonyl (C=O) groups is 1. The second-order valence-corrected chi connectivity index (χ2v) is 7.96. The predicted molar refractivity (Wildman–Crippen MR) is 107 cm³/mol. The van der Waals surface area contributed by atoms with E-state index < -0.39 is 18.5 Å². The van der Waals surface area contributed by atoms with Crippen LogP contribution in [0.5, 0.6) is 0 Å². The van der Waals surface area contributed by atoms with Crippen LogP contribution in [0.2, 0.25) is 5.15 Å². The zero-order valence-corrected chi connectivity index (χ0v) is 17.6. The molecule has 6 nitrogen and oxygen atoms in total. The first kappa shape index (κ1) is 23.3. The number of aromatic nitrogens is 3. The van der Waals surface area contributed by atoms with Gasteiger partial charge in [0.25, 0.3) is 0 Å². The molecule has 11 heteroatoms. The minimum absolute atomic E-state index is 0.0297. The first-order chi connectivity index (χ1) is 13.6. The maximum absolute atomic E-state index is 12.8. The lowest BCUT2D eigenvalue weighted by atomic mass is 10.2. The van der Waals surface area contributed by atoms with Gasteiger partial charge in [-0.25, -0.2) is 4.68 Å². The van der Waals surface area contributed by atoms with E-state index in [4.69, 9.17) is 11.6 Å². The first-order valence-corrected chi connectivity index (χ1v) is 10.6. The standard InChI is InChI=1S/C18H22ClF3N4O2S/c1-3-25(17(27)13(2)12-29-9-5-7-18(20,21)22)15-11-26(23-16(15)19)14-6-4-8-24(28)10-14/h4,6,8,10-11,13H,3,5,7,9,12H2,1-2H3. The second-order valence-electron chi connectivity index (χ2n) is 6.45. The van der Waals surface area contributed by atoms with Gasteiger partial charge in [0.05, 0.1) is 6.20 Å². The van der Waals surface area contributed by atoms with E-state index in [0.717, 1.165) is 0 Å². The van der Waals surface area contributed by atoms with E-state index in [-0.39, 0.29) is 17.5 Å². The van der Waals surface area contributed by atoms with Crippen molar-refractivity contribution in [3.05, 3.63) is 41.1 Å². The minimum Gasteiger partial charge on any atom is -0.619 e. The Labute approximate surface area is 176 Å². The van der Waals surface area contributed by atoms with Crippen molar-refractivity contribution < 1.29 is 22.7 Å². The number of halogens is 4. The molecule has 2 rings (SSSR count). The van der Waals surface area contributed by atoms with Gasteiger partial charge in [-0.15, -0.1) is 0 Å². The monoisotopic (exact) mass is 450 g/mol.